The lowest BCUT2D eigenvalue weighted by Gasteiger charge is -2.46. The van der Waals surface area contributed by atoms with E-state index in [1.807, 2.05) is 13.8 Å². The largest absolute Gasteiger partial charge is 0.508 e. The second-order valence-electron chi connectivity index (χ2n) is 9.21. The van der Waals surface area contributed by atoms with Gasteiger partial charge in [-0.05, 0) is 60.1 Å². The molecule has 9 heteroatoms. The first-order chi connectivity index (χ1) is 15.9. The van der Waals surface area contributed by atoms with E-state index in [1.54, 1.807) is 19.1 Å². The van der Waals surface area contributed by atoms with E-state index in [1.165, 1.54) is 12.1 Å². The molecule has 5 nitrogen and oxygen atoms in total. The number of hydrogen-bond donors (Lipinski definition) is 4. The number of phenols is 1. The van der Waals surface area contributed by atoms with E-state index in [0.717, 1.165) is 12.1 Å². The SMILES string of the molecule is CC[C@@H]1C[C@](O)(C(F)(F)F)[C@@H](Nc2ccc(F)c3[nH]c(=O)ccc23)c2cc(C(C)C)cc(O)c21. The van der Waals surface area contributed by atoms with Crippen molar-refractivity contribution in [3.63, 3.8) is 0 Å². The maximum absolute atomic E-state index is 14.4. The number of nitrogens with one attached hydrogen (secondary N) is 2. The van der Waals surface area contributed by atoms with Gasteiger partial charge in [-0.15, -0.1) is 0 Å². The molecule has 0 saturated carbocycles. The molecule has 0 spiro atoms. The van der Waals surface area contributed by atoms with Gasteiger partial charge < -0.3 is 20.5 Å². The van der Waals surface area contributed by atoms with Crippen molar-refractivity contribution in [1.82, 2.24) is 4.98 Å². The first-order valence-electron chi connectivity index (χ1n) is 11.1. The van der Waals surface area contributed by atoms with Gasteiger partial charge in [-0.1, -0.05) is 26.8 Å². The van der Waals surface area contributed by atoms with Crippen molar-refractivity contribution in [3.8, 4) is 5.75 Å². The number of hydrogen-bond acceptors (Lipinski definition) is 4. The first kappa shape index (κ1) is 24.1. The summed E-state index contributed by atoms with van der Waals surface area (Å²) in [6.07, 6.45) is -5.36. The van der Waals surface area contributed by atoms with Gasteiger partial charge in [0.05, 0.1) is 11.6 Å². The summed E-state index contributed by atoms with van der Waals surface area (Å²) in [5.74, 6) is -1.66. The standard InChI is InChI=1S/C25H26F4N2O3/c1-4-13-11-24(34,25(27,28)29)23(16-9-14(12(2)3)10-19(32)21(13)16)30-18-7-6-17(26)22-15(18)5-8-20(33)31-22/h5-10,12-13,23,30,32,34H,4,11H2,1-3H3,(H,31,33)/t13-,23+,24-/m1/s1. The van der Waals surface area contributed by atoms with Crippen LogP contribution in [0.25, 0.3) is 10.9 Å². The highest BCUT2D eigenvalue weighted by Gasteiger charge is 2.62. The lowest BCUT2D eigenvalue weighted by atomic mass is 9.68. The average molecular weight is 478 g/mol. The third-order valence-electron chi connectivity index (χ3n) is 6.76. The molecule has 1 aromatic heterocycles. The minimum Gasteiger partial charge on any atom is -0.508 e. The van der Waals surface area contributed by atoms with Crippen LogP contribution in [-0.4, -0.2) is 27.0 Å². The van der Waals surface area contributed by atoms with E-state index in [9.17, 15) is 32.6 Å². The molecular formula is C25H26F4N2O3. The van der Waals surface area contributed by atoms with Crippen molar-refractivity contribution in [2.75, 3.05) is 5.32 Å². The fraction of sp³-hybridized carbons (Fsp3) is 0.400. The summed E-state index contributed by atoms with van der Waals surface area (Å²) in [6, 6.07) is 6.22. The molecular weight excluding hydrogens is 452 g/mol. The molecule has 0 fully saturated rings. The number of alkyl halides is 3. The van der Waals surface area contributed by atoms with Crippen LogP contribution in [0, 0.1) is 5.82 Å². The van der Waals surface area contributed by atoms with Gasteiger partial charge in [0.15, 0.2) is 5.60 Å². The predicted molar refractivity (Wildman–Crippen MR) is 122 cm³/mol. The van der Waals surface area contributed by atoms with Gasteiger partial charge in [0, 0.05) is 22.7 Å². The Balaban J connectivity index is 1.98. The molecule has 0 saturated heterocycles. The van der Waals surface area contributed by atoms with Crippen molar-refractivity contribution in [1.29, 1.82) is 0 Å². The van der Waals surface area contributed by atoms with Crippen LogP contribution in [0.1, 0.15) is 68.2 Å². The van der Waals surface area contributed by atoms with E-state index in [4.69, 9.17) is 0 Å². The van der Waals surface area contributed by atoms with E-state index in [-0.39, 0.29) is 40.2 Å². The molecule has 1 heterocycles. The van der Waals surface area contributed by atoms with Crippen LogP contribution in [0.2, 0.25) is 0 Å². The zero-order valence-electron chi connectivity index (χ0n) is 18.9. The number of halogens is 4. The minimum absolute atomic E-state index is 0.0884. The Labute approximate surface area is 193 Å². The second-order valence-corrected chi connectivity index (χ2v) is 9.21. The highest BCUT2D eigenvalue weighted by atomic mass is 19.4. The number of aromatic hydroxyl groups is 1. The highest BCUT2D eigenvalue weighted by molar-refractivity contribution is 5.91. The Kier molecular flexibility index (Phi) is 5.88. The molecule has 4 N–H and O–H groups in total. The Morgan fingerprint density at radius 1 is 1.21 bits per heavy atom. The molecule has 0 bridgehead atoms. The van der Waals surface area contributed by atoms with E-state index < -0.39 is 41.5 Å². The zero-order chi connectivity index (χ0) is 25.0. The molecule has 1 aliphatic carbocycles. The third-order valence-corrected chi connectivity index (χ3v) is 6.76. The predicted octanol–water partition coefficient (Wildman–Crippen LogP) is 5.84. The Morgan fingerprint density at radius 3 is 2.53 bits per heavy atom. The minimum atomic E-state index is -5.00. The summed E-state index contributed by atoms with van der Waals surface area (Å²) in [6.45, 7) is 5.41. The van der Waals surface area contributed by atoms with Crippen molar-refractivity contribution in [2.45, 2.75) is 63.3 Å². The summed E-state index contributed by atoms with van der Waals surface area (Å²) in [7, 11) is 0. The fourth-order valence-corrected chi connectivity index (χ4v) is 4.88. The van der Waals surface area contributed by atoms with Gasteiger partial charge in [-0.2, -0.15) is 13.2 Å². The van der Waals surface area contributed by atoms with Crippen LogP contribution in [0.4, 0.5) is 23.2 Å². The molecule has 0 radical (unpaired) electrons. The number of anilines is 1. The van der Waals surface area contributed by atoms with E-state index in [0.29, 0.717) is 11.1 Å². The van der Waals surface area contributed by atoms with Crippen LogP contribution >= 0.6 is 0 Å². The lowest BCUT2D eigenvalue weighted by molar-refractivity contribution is -0.272. The number of aromatic nitrogens is 1. The Hall–Kier alpha value is -3.07. The van der Waals surface area contributed by atoms with Gasteiger partial charge >= 0.3 is 6.18 Å². The topological polar surface area (TPSA) is 85.4 Å². The Morgan fingerprint density at radius 2 is 1.91 bits per heavy atom. The van der Waals surface area contributed by atoms with Crippen LogP contribution < -0.4 is 10.9 Å². The number of H-pyrrole nitrogens is 1. The van der Waals surface area contributed by atoms with Crippen LogP contribution in [0.15, 0.2) is 41.2 Å². The number of pyridine rings is 1. The van der Waals surface area contributed by atoms with Crippen molar-refractivity contribution in [2.24, 2.45) is 0 Å². The monoisotopic (exact) mass is 478 g/mol. The molecule has 34 heavy (non-hydrogen) atoms. The van der Waals surface area contributed by atoms with Gasteiger partial charge in [-0.3, -0.25) is 4.79 Å². The molecule has 0 aliphatic heterocycles. The first-order valence-corrected chi connectivity index (χ1v) is 11.1. The molecule has 0 amide bonds. The van der Waals surface area contributed by atoms with Crippen molar-refractivity contribution in [3.05, 3.63) is 69.3 Å². The quantitative estimate of drug-likeness (QED) is 0.355. The smallest absolute Gasteiger partial charge is 0.419 e. The summed E-state index contributed by atoms with van der Waals surface area (Å²) < 4.78 is 57.6. The van der Waals surface area contributed by atoms with Crippen LogP contribution in [0.3, 0.4) is 0 Å². The third kappa shape index (κ3) is 3.81. The number of aliphatic hydroxyl groups is 1. The molecule has 3 atom stereocenters. The van der Waals surface area contributed by atoms with Crippen molar-refractivity contribution < 1.29 is 27.8 Å². The molecule has 4 rings (SSSR count). The molecule has 182 valence electrons. The van der Waals surface area contributed by atoms with E-state index in [2.05, 4.69) is 10.3 Å². The number of benzene rings is 2. The fourth-order valence-electron chi connectivity index (χ4n) is 4.88. The highest BCUT2D eigenvalue weighted by Crippen LogP contribution is 2.55. The van der Waals surface area contributed by atoms with Gasteiger partial charge in [-0.25, -0.2) is 4.39 Å². The van der Waals surface area contributed by atoms with Crippen molar-refractivity contribution >= 4 is 16.6 Å². The van der Waals surface area contributed by atoms with Gasteiger partial charge in [0.2, 0.25) is 5.56 Å². The summed E-state index contributed by atoms with van der Waals surface area (Å²) in [5.41, 5.74) is -2.65. The average Bonchev–Trinajstić information content (AvgIpc) is 2.76. The Bertz CT molecular complexity index is 1300. The second kappa shape index (κ2) is 8.30. The molecule has 1 aliphatic rings. The van der Waals surface area contributed by atoms with Gasteiger partial charge in [0.25, 0.3) is 0 Å². The molecule has 2 aromatic carbocycles. The van der Waals surface area contributed by atoms with Crippen LogP contribution in [0.5, 0.6) is 5.75 Å². The van der Waals surface area contributed by atoms with Gasteiger partial charge in [0.1, 0.15) is 11.6 Å². The van der Waals surface area contributed by atoms with E-state index >= 15 is 0 Å². The number of phenolic OH excluding ortho intramolecular Hbond substituents is 1. The van der Waals surface area contributed by atoms with Crippen LogP contribution in [-0.2, 0) is 0 Å². The number of fused-ring (bicyclic) bond motifs is 2. The summed E-state index contributed by atoms with van der Waals surface area (Å²) in [5, 5.41) is 24.9. The summed E-state index contributed by atoms with van der Waals surface area (Å²) >= 11 is 0. The molecule has 3 aromatic rings. The number of aromatic amines is 1. The maximum Gasteiger partial charge on any atom is 0.419 e. The maximum atomic E-state index is 14.4. The number of rotatable bonds is 4. The molecule has 0 unspecified atom stereocenters. The summed E-state index contributed by atoms with van der Waals surface area (Å²) in [4.78, 5) is 14.0. The lowest BCUT2D eigenvalue weighted by Crippen LogP contribution is -2.55. The zero-order valence-corrected chi connectivity index (χ0v) is 18.9. The normalized spacial score (nSPS) is 22.7.